The number of anilines is 1. The normalized spacial score (nSPS) is 21.1. The zero-order valence-corrected chi connectivity index (χ0v) is 11.6. The van der Waals surface area contributed by atoms with Crippen LogP contribution < -0.4 is 5.73 Å². The van der Waals surface area contributed by atoms with E-state index in [4.69, 9.17) is 5.73 Å². The average molecular weight is 293 g/mol. The number of rotatable bonds is 3. The fourth-order valence-corrected chi connectivity index (χ4v) is 4.32. The van der Waals surface area contributed by atoms with Crippen molar-refractivity contribution in [2.24, 2.45) is 5.92 Å². The summed E-state index contributed by atoms with van der Waals surface area (Å²) in [7, 11) is -2.88. The van der Waals surface area contributed by atoms with Gasteiger partial charge in [0.05, 0.1) is 11.5 Å². The summed E-state index contributed by atoms with van der Waals surface area (Å²) in [5.74, 6) is 1.15. The molecule has 1 aromatic carbocycles. The predicted molar refractivity (Wildman–Crippen MR) is 74.4 cm³/mol. The maximum Gasteiger partial charge on any atom is 0.182 e. The minimum Gasteiger partial charge on any atom is -0.399 e. The van der Waals surface area contributed by atoms with Crippen molar-refractivity contribution >= 4 is 15.5 Å². The van der Waals surface area contributed by atoms with E-state index in [1.165, 1.54) is 0 Å². The molecule has 1 fully saturated rings. The molecule has 0 bridgehead atoms. The fraction of sp³-hybridized carbons (Fsp3) is 0.417. The van der Waals surface area contributed by atoms with Crippen LogP contribution in [-0.2, 0) is 16.4 Å². The second-order valence-corrected chi connectivity index (χ2v) is 7.31. The Morgan fingerprint density at radius 3 is 2.95 bits per heavy atom. The Balaban J connectivity index is 1.84. The van der Waals surface area contributed by atoms with Gasteiger partial charge in [-0.05, 0) is 34.9 Å². The van der Waals surface area contributed by atoms with Gasteiger partial charge in [-0.2, -0.15) is 0 Å². The molecule has 7 nitrogen and oxygen atoms in total. The molecular weight excluding hydrogens is 278 g/mol. The van der Waals surface area contributed by atoms with Crippen LogP contribution in [0.5, 0.6) is 0 Å². The van der Waals surface area contributed by atoms with Crippen LogP contribution in [-0.4, -0.2) is 40.1 Å². The van der Waals surface area contributed by atoms with Gasteiger partial charge in [-0.25, -0.2) is 13.1 Å². The zero-order chi connectivity index (χ0) is 14.2. The molecule has 0 aliphatic carbocycles. The molecule has 0 radical (unpaired) electrons. The Morgan fingerprint density at radius 2 is 2.25 bits per heavy atom. The Bertz CT molecular complexity index is 725. The van der Waals surface area contributed by atoms with Crippen molar-refractivity contribution in [1.82, 2.24) is 20.2 Å². The van der Waals surface area contributed by atoms with Gasteiger partial charge in [0.1, 0.15) is 0 Å². The number of nitrogens with zero attached hydrogens (tertiary/aromatic N) is 4. The molecule has 106 valence electrons. The van der Waals surface area contributed by atoms with Crippen LogP contribution in [0.25, 0.3) is 11.4 Å². The van der Waals surface area contributed by atoms with Crippen molar-refractivity contribution < 1.29 is 8.42 Å². The van der Waals surface area contributed by atoms with Gasteiger partial charge in [-0.15, -0.1) is 5.10 Å². The molecule has 0 saturated carbocycles. The van der Waals surface area contributed by atoms with Crippen molar-refractivity contribution in [3.05, 3.63) is 24.3 Å². The monoisotopic (exact) mass is 293 g/mol. The third-order valence-corrected chi connectivity index (χ3v) is 5.27. The molecule has 2 aromatic rings. The number of hydrogen-bond donors (Lipinski definition) is 1. The maximum atomic E-state index is 11.5. The minimum absolute atomic E-state index is 0.0725. The molecule has 1 saturated heterocycles. The first-order valence-electron chi connectivity index (χ1n) is 6.36. The van der Waals surface area contributed by atoms with E-state index < -0.39 is 9.84 Å². The minimum atomic E-state index is -2.88. The number of sulfone groups is 1. The van der Waals surface area contributed by atoms with Crippen LogP contribution in [0.1, 0.15) is 6.42 Å². The summed E-state index contributed by atoms with van der Waals surface area (Å²) in [6, 6.07) is 7.31. The summed E-state index contributed by atoms with van der Waals surface area (Å²) in [6.07, 6.45) is 0.665. The zero-order valence-electron chi connectivity index (χ0n) is 10.8. The molecule has 0 amide bonds. The van der Waals surface area contributed by atoms with E-state index in [9.17, 15) is 8.42 Å². The molecule has 0 spiro atoms. The molecule has 3 rings (SSSR count). The van der Waals surface area contributed by atoms with Crippen molar-refractivity contribution in [3.63, 3.8) is 0 Å². The predicted octanol–water partition coefficient (Wildman–Crippen LogP) is 0.357. The van der Waals surface area contributed by atoms with Gasteiger partial charge in [0.15, 0.2) is 15.7 Å². The maximum absolute atomic E-state index is 11.5. The van der Waals surface area contributed by atoms with E-state index >= 15 is 0 Å². The Morgan fingerprint density at radius 1 is 1.40 bits per heavy atom. The number of benzene rings is 1. The standard InChI is InChI=1S/C12H15N5O2S/c13-11-3-1-2-10(6-11)12-14-15-16-17(12)7-9-4-5-20(18,19)8-9/h1-3,6,9H,4-5,7-8,13H2. The number of aromatic nitrogens is 4. The average Bonchev–Trinajstić information content (AvgIpc) is 2.96. The molecule has 1 aliphatic heterocycles. The summed E-state index contributed by atoms with van der Waals surface area (Å²) >= 11 is 0. The number of tetrazole rings is 1. The summed E-state index contributed by atoms with van der Waals surface area (Å²) < 4.78 is 24.6. The lowest BCUT2D eigenvalue weighted by Gasteiger charge is -2.09. The van der Waals surface area contributed by atoms with Crippen LogP contribution in [0.3, 0.4) is 0 Å². The van der Waals surface area contributed by atoms with E-state index in [2.05, 4.69) is 15.5 Å². The Hall–Kier alpha value is -1.96. The van der Waals surface area contributed by atoms with Crippen LogP contribution >= 0.6 is 0 Å². The molecular formula is C12H15N5O2S. The Labute approximate surface area is 116 Å². The lowest BCUT2D eigenvalue weighted by molar-refractivity contribution is 0.452. The number of nitrogen functional groups attached to an aromatic ring is 1. The quantitative estimate of drug-likeness (QED) is 0.819. The van der Waals surface area contributed by atoms with E-state index in [0.29, 0.717) is 24.5 Å². The van der Waals surface area contributed by atoms with Crippen molar-refractivity contribution in [1.29, 1.82) is 0 Å². The topological polar surface area (TPSA) is 104 Å². The van der Waals surface area contributed by atoms with Crippen molar-refractivity contribution in [3.8, 4) is 11.4 Å². The molecule has 1 unspecified atom stereocenters. The van der Waals surface area contributed by atoms with Gasteiger partial charge in [0.2, 0.25) is 0 Å². The highest BCUT2D eigenvalue weighted by Crippen LogP contribution is 2.23. The van der Waals surface area contributed by atoms with Crippen molar-refractivity contribution in [2.45, 2.75) is 13.0 Å². The summed E-state index contributed by atoms with van der Waals surface area (Å²) in [4.78, 5) is 0. The van der Waals surface area contributed by atoms with E-state index in [-0.39, 0.29) is 17.4 Å². The summed E-state index contributed by atoms with van der Waals surface area (Å²) in [6.45, 7) is 0.510. The van der Waals surface area contributed by atoms with Gasteiger partial charge < -0.3 is 5.73 Å². The van der Waals surface area contributed by atoms with Crippen LogP contribution in [0.4, 0.5) is 5.69 Å². The first kappa shape index (κ1) is 13.0. The van der Waals surface area contributed by atoms with Crippen molar-refractivity contribution in [2.75, 3.05) is 17.2 Å². The summed E-state index contributed by atoms with van der Waals surface area (Å²) in [5.41, 5.74) is 7.23. The lowest BCUT2D eigenvalue weighted by Crippen LogP contribution is -2.14. The summed E-state index contributed by atoms with van der Waals surface area (Å²) in [5, 5.41) is 11.6. The second kappa shape index (κ2) is 4.86. The third kappa shape index (κ3) is 2.64. The van der Waals surface area contributed by atoms with E-state index in [0.717, 1.165) is 5.56 Å². The highest BCUT2D eigenvalue weighted by atomic mass is 32.2. The Kier molecular flexibility index (Phi) is 3.17. The van der Waals surface area contributed by atoms with Gasteiger partial charge in [0, 0.05) is 17.8 Å². The molecule has 1 aromatic heterocycles. The smallest absolute Gasteiger partial charge is 0.182 e. The first-order valence-corrected chi connectivity index (χ1v) is 8.18. The molecule has 20 heavy (non-hydrogen) atoms. The molecule has 1 aliphatic rings. The van der Waals surface area contributed by atoms with Gasteiger partial charge in [-0.3, -0.25) is 0 Å². The highest BCUT2D eigenvalue weighted by Gasteiger charge is 2.29. The lowest BCUT2D eigenvalue weighted by atomic mass is 10.1. The van der Waals surface area contributed by atoms with Crippen LogP contribution in [0.15, 0.2) is 24.3 Å². The fourth-order valence-electron chi connectivity index (χ4n) is 2.47. The molecule has 1 atom stereocenters. The van der Waals surface area contributed by atoms with Crippen LogP contribution in [0, 0.1) is 5.92 Å². The second-order valence-electron chi connectivity index (χ2n) is 5.08. The van der Waals surface area contributed by atoms with Crippen LogP contribution in [0.2, 0.25) is 0 Å². The highest BCUT2D eigenvalue weighted by molar-refractivity contribution is 7.91. The van der Waals surface area contributed by atoms with E-state index in [1.807, 2.05) is 12.1 Å². The van der Waals surface area contributed by atoms with Gasteiger partial charge >= 0.3 is 0 Å². The largest absolute Gasteiger partial charge is 0.399 e. The van der Waals surface area contributed by atoms with Gasteiger partial charge in [-0.1, -0.05) is 12.1 Å². The first-order chi connectivity index (χ1) is 9.53. The molecule has 2 heterocycles. The third-order valence-electron chi connectivity index (χ3n) is 3.43. The van der Waals surface area contributed by atoms with E-state index in [1.54, 1.807) is 16.8 Å². The molecule has 2 N–H and O–H groups in total. The number of nitrogens with two attached hydrogens (primary N) is 1. The number of hydrogen-bond acceptors (Lipinski definition) is 6. The SMILES string of the molecule is Nc1cccc(-c2nnnn2CC2CCS(=O)(=O)C2)c1. The molecule has 8 heteroatoms. The van der Waals surface area contributed by atoms with Gasteiger partial charge in [0.25, 0.3) is 0 Å².